The molecule has 0 aliphatic heterocycles. The molecule has 1 rings (SSSR count). The summed E-state index contributed by atoms with van der Waals surface area (Å²) >= 11 is 5.29. The van der Waals surface area contributed by atoms with Crippen LogP contribution in [0.4, 0.5) is 13.2 Å². The lowest BCUT2D eigenvalue weighted by Gasteiger charge is -2.06. The molecular weight excluding hydrogens is 219 g/mol. The van der Waals surface area contributed by atoms with Crippen LogP contribution < -0.4 is 0 Å². The second kappa shape index (κ2) is 5.90. The average molecular weight is 225 g/mol. The second-order valence-corrected chi connectivity index (χ2v) is 2.50. The van der Waals surface area contributed by atoms with Gasteiger partial charge in [0, 0.05) is 0 Å². The molecule has 0 atom stereocenters. The first-order chi connectivity index (χ1) is 6.43. The van der Waals surface area contributed by atoms with Gasteiger partial charge in [0.1, 0.15) is 0 Å². The van der Waals surface area contributed by atoms with Gasteiger partial charge < -0.3 is 10.0 Å². The molecule has 2 nitrogen and oxygen atoms in total. The molecule has 0 aromatic heterocycles. The molecule has 0 heterocycles. The van der Waals surface area contributed by atoms with E-state index in [1.54, 1.807) is 0 Å². The summed E-state index contributed by atoms with van der Waals surface area (Å²) in [5.41, 5.74) is -0.790. The molecule has 2 N–H and O–H groups in total. The summed E-state index contributed by atoms with van der Waals surface area (Å²) in [6.07, 6.45) is -4.35. The Bertz CT molecular complexity index is 280. The number of hydrogen-bond acceptors (Lipinski definition) is 2. The average Bonchev–Trinajstić information content (AvgIpc) is 2.04. The predicted octanol–water partition coefficient (Wildman–Crippen LogP) is 1.86. The van der Waals surface area contributed by atoms with E-state index in [0.717, 1.165) is 6.07 Å². The van der Waals surface area contributed by atoms with Gasteiger partial charge in [-0.15, -0.1) is 0 Å². The Morgan fingerprint density at radius 1 is 1.14 bits per heavy atom. The minimum absolute atomic E-state index is 0. The van der Waals surface area contributed by atoms with Crippen molar-refractivity contribution in [3.05, 3.63) is 34.9 Å². The molecule has 1 aromatic carbocycles. The van der Waals surface area contributed by atoms with Crippen molar-refractivity contribution >= 4 is 19.3 Å². The van der Waals surface area contributed by atoms with E-state index >= 15 is 0 Å². The molecular formula is C7H6BClF3O2. The maximum atomic E-state index is 12.0. The lowest BCUT2D eigenvalue weighted by Crippen LogP contribution is -2.04. The summed E-state index contributed by atoms with van der Waals surface area (Å²) in [5.74, 6) is 0. The van der Waals surface area contributed by atoms with E-state index in [2.05, 4.69) is 0 Å². The van der Waals surface area contributed by atoms with E-state index in [4.69, 9.17) is 21.6 Å². The molecule has 0 amide bonds. The summed E-state index contributed by atoms with van der Waals surface area (Å²) in [4.78, 5) is 0. The first kappa shape index (κ1) is 13.3. The van der Waals surface area contributed by atoms with E-state index in [0.29, 0.717) is 0 Å². The molecule has 0 unspecified atom stereocenters. The molecule has 0 spiro atoms. The molecule has 0 fully saturated rings. The summed E-state index contributed by atoms with van der Waals surface area (Å²) in [5, 5.41) is 13.7. The zero-order valence-electron chi connectivity index (χ0n) is 6.79. The van der Waals surface area contributed by atoms with E-state index in [9.17, 15) is 13.2 Å². The van der Waals surface area contributed by atoms with Crippen molar-refractivity contribution in [1.29, 1.82) is 0 Å². The number of rotatable bonds is 0. The highest BCUT2D eigenvalue weighted by atomic mass is 35.5. The predicted molar refractivity (Wildman–Crippen MR) is 46.6 cm³/mol. The summed E-state index contributed by atoms with van der Waals surface area (Å²) in [6.45, 7) is 0. The van der Waals surface area contributed by atoms with Gasteiger partial charge in [0.25, 0.3) is 0 Å². The zero-order chi connectivity index (χ0) is 11.2. The van der Waals surface area contributed by atoms with Gasteiger partial charge in [-0.1, -0.05) is 23.7 Å². The van der Waals surface area contributed by atoms with Crippen LogP contribution in [0.2, 0.25) is 5.02 Å². The Hall–Kier alpha value is -0.715. The van der Waals surface area contributed by atoms with Crippen LogP contribution in [-0.4, -0.2) is 17.7 Å². The van der Waals surface area contributed by atoms with Crippen LogP contribution in [0.3, 0.4) is 0 Å². The fourth-order valence-corrected chi connectivity index (χ4v) is 0.934. The number of hydrogen-bond donors (Lipinski definition) is 2. The zero-order valence-corrected chi connectivity index (χ0v) is 7.55. The Labute approximate surface area is 84.2 Å². The Kier molecular flexibility index (Phi) is 5.60. The molecule has 0 saturated carbocycles. The molecule has 1 aromatic rings. The van der Waals surface area contributed by atoms with Crippen molar-refractivity contribution in [2.45, 2.75) is 6.18 Å². The molecule has 7 heteroatoms. The van der Waals surface area contributed by atoms with Gasteiger partial charge in [-0.2, -0.15) is 13.2 Å². The summed E-state index contributed by atoms with van der Waals surface area (Å²) in [7, 11) is 0. The fourth-order valence-electron chi connectivity index (χ4n) is 0.691. The SMILES string of the molecule is FC(F)(F)c1ccccc1Cl.O[B]O. The molecule has 0 saturated heterocycles. The highest BCUT2D eigenvalue weighted by Crippen LogP contribution is 2.33. The topological polar surface area (TPSA) is 40.5 Å². The number of alkyl halides is 3. The van der Waals surface area contributed by atoms with Crippen molar-refractivity contribution in [2.75, 3.05) is 0 Å². The van der Waals surface area contributed by atoms with Crippen LogP contribution in [0.5, 0.6) is 0 Å². The Balaban J connectivity index is 0.000000500. The summed E-state index contributed by atoms with van der Waals surface area (Å²) in [6, 6.07) is 4.92. The van der Waals surface area contributed by atoms with Crippen molar-refractivity contribution in [3.8, 4) is 0 Å². The van der Waals surface area contributed by atoms with Crippen molar-refractivity contribution in [2.24, 2.45) is 0 Å². The third-order valence-electron chi connectivity index (χ3n) is 1.18. The quantitative estimate of drug-likeness (QED) is 0.662. The van der Waals surface area contributed by atoms with Crippen LogP contribution in [0.25, 0.3) is 0 Å². The molecule has 0 aliphatic carbocycles. The Morgan fingerprint density at radius 3 is 1.86 bits per heavy atom. The van der Waals surface area contributed by atoms with E-state index in [1.807, 2.05) is 0 Å². The summed E-state index contributed by atoms with van der Waals surface area (Å²) < 4.78 is 35.9. The minimum Gasteiger partial charge on any atom is -0.429 e. The maximum absolute atomic E-state index is 12.0. The van der Waals surface area contributed by atoms with E-state index in [-0.39, 0.29) is 12.7 Å². The maximum Gasteiger partial charge on any atom is 0.482 e. The lowest BCUT2D eigenvalue weighted by molar-refractivity contribution is -0.137. The first-order valence-corrected chi connectivity index (χ1v) is 3.73. The number of benzene rings is 1. The minimum atomic E-state index is -4.35. The monoisotopic (exact) mass is 225 g/mol. The van der Waals surface area contributed by atoms with Crippen molar-refractivity contribution in [1.82, 2.24) is 0 Å². The lowest BCUT2D eigenvalue weighted by atomic mass is 10.2. The fraction of sp³-hybridized carbons (Fsp3) is 0.143. The van der Waals surface area contributed by atoms with Gasteiger partial charge in [0.2, 0.25) is 0 Å². The van der Waals surface area contributed by atoms with E-state index < -0.39 is 11.7 Å². The molecule has 1 radical (unpaired) electrons. The third-order valence-corrected chi connectivity index (χ3v) is 1.51. The van der Waals surface area contributed by atoms with Crippen LogP contribution in [0.1, 0.15) is 5.56 Å². The smallest absolute Gasteiger partial charge is 0.429 e. The van der Waals surface area contributed by atoms with E-state index in [1.165, 1.54) is 18.2 Å². The largest absolute Gasteiger partial charge is 0.482 e. The molecule has 0 aliphatic rings. The van der Waals surface area contributed by atoms with Crippen LogP contribution in [-0.2, 0) is 6.18 Å². The van der Waals surface area contributed by atoms with Crippen LogP contribution in [0, 0.1) is 0 Å². The van der Waals surface area contributed by atoms with Gasteiger partial charge in [-0.3, -0.25) is 0 Å². The van der Waals surface area contributed by atoms with Gasteiger partial charge in [0.05, 0.1) is 10.6 Å². The number of halogens is 4. The van der Waals surface area contributed by atoms with Gasteiger partial charge in [-0.25, -0.2) is 0 Å². The first-order valence-electron chi connectivity index (χ1n) is 3.35. The van der Waals surface area contributed by atoms with Crippen LogP contribution >= 0.6 is 11.6 Å². The normalized spacial score (nSPS) is 10.1. The van der Waals surface area contributed by atoms with Gasteiger partial charge >= 0.3 is 13.9 Å². The molecule has 0 bridgehead atoms. The third kappa shape index (κ3) is 4.50. The molecule has 14 heavy (non-hydrogen) atoms. The van der Waals surface area contributed by atoms with Crippen LogP contribution in [0.15, 0.2) is 24.3 Å². The van der Waals surface area contributed by atoms with Gasteiger partial charge in [0.15, 0.2) is 0 Å². The molecule has 77 valence electrons. The Morgan fingerprint density at radius 2 is 1.57 bits per heavy atom. The highest BCUT2D eigenvalue weighted by Gasteiger charge is 2.32. The second-order valence-electron chi connectivity index (χ2n) is 2.09. The van der Waals surface area contributed by atoms with Gasteiger partial charge in [-0.05, 0) is 12.1 Å². The van der Waals surface area contributed by atoms with Crippen molar-refractivity contribution < 1.29 is 23.2 Å². The standard InChI is InChI=1S/C7H4ClF3.BH2O2/c8-6-4-2-1-3-5(6)7(9,10)11;2-1-3/h1-4H;2-3H. The highest BCUT2D eigenvalue weighted by molar-refractivity contribution is 6.31. The van der Waals surface area contributed by atoms with Crippen molar-refractivity contribution in [3.63, 3.8) is 0 Å².